The lowest BCUT2D eigenvalue weighted by molar-refractivity contribution is -0.143. The molecule has 1 aromatic carbocycles. The number of benzene rings is 1. The van der Waals surface area contributed by atoms with E-state index in [1.54, 1.807) is 21.1 Å². The molecule has 2 fully saturated rings. The Morgan fingerprint density at radius 3 is 2.38 bits per heavy atom. The Morgan fingerprint density at radius 2 is 1.73 bits per heavy atom. The Morgan fingerprint density at radius 1 is 1.07 bits per heavy atom. The summed E-state index contributed by atoms with van der Waals surface area (Å²) in [5.41, 5.74) is 0.809. The molecule has 0 bridgehead atoms. The van der Waals surface area contributed by atoms with Gasteiger partial charge in [0.2, 0.25) is 11.8 Å². The zero-order valence-electron chi connectivity index (χ0n) is 25.4. The van der Waals surface area contributed by atoms with E-state index in [0.29, 0.717) is 51.6 Å². The summed E-state index contributed by atoms with van der Waals surface area (Å²) in [5, 5.41) is 16.4. The lowest BCUT2D eigenvalue weighted by atomic mass is 9.91. The fourth-order valence-electron chi connectivity index (χ4n) is 6.65. The molecule has 1 atom stereocenters. The molecular weight excluding hydrogens is 631 g/mol. The van der Waals surface area contributed by atoms with Crippen LogP contribution in [0.2, 0.25) is 5.02 Å². The third-order valence-corrected chi connectivity index (χ3v) is 10.4. The van der Waals surface area contributed by atoms with Crippen LogP contribution in [0.25, 0.3) is 0 Å². The van der Waals surface area contributed by atoms with Gasteiger partial charge in [0.05, 0.1) is 22.2 Å². The quantitative estimate of drug-likeness (QED) is 0.417. The summed E-state index contributed by atoms with van der Waals surface area (Å²) < 4.78 is 40.9. The summed E-state index contributed by atoms with van der Waals surface area (Å²) in [6.07, 6.45) is -1.69. The number of carbonyl (C=O) groups excluding carboxylic acids is 3. The number of rotatable bonds is 7. The van der Waals surface area contributed by atoms with Gasteiger partial charge in [0, 0.05) is 56.6 Å². The van der Waals surface area contributed by atoms with Crippen molar-refractivity contribution < 1.29 is 32.7 Å². The molecule has 3 aliphatic heterocycles. The van der Waals surface area contributed by atoms with Crippen LogP contribution in [0, 0.1) is 5.92 Å². The summed E-state index contributed by atoms with van der Waals surface area (Å²) in [5.74, 6) is -2.49. The van der Waals surface area contributed by atoms with Crippen molar-refractivity contribution in [2.75, 3.05) is 52.1 Å². The summed E-state index contributed by atoms with van der Waals surface area (Å²) in [7, 11) is 3.97. The molecule has 4 heterocycles. The lowest BCUT2D eigenvalue weighted by Gasteiger charge is -2.39. The van der Waals surface area contributed by atoms with Gasteiger partial charge in [0.25, 0.3) is 0 Å². The van der Waals surface area contributed by atoms with E-state index >= 15 is 0 Å². The van der Waals surface area contributed by atoms with Gasteiger partial charge in [0.1, 0.15) is 5.75 Å². The molecule has 45 heavy (non-hydrogen) atoms. The zero-order valence-corrected chi connectivity index (χ0v) is 27.0. The number of anilines is 1. The highest BCUT2D eigenvalue weighted by Crippen LogP contribution is 2.41. The second-order valence-corrected chi connectivity index (χ2v) is 13.5. The van der Waals surface area contributed by atoms with Crippen molar-refractivity contribution in [3.05, 3.63) is 44.6 Å². The number of urea groups is 1. The third-order valence-electron chi connectivity index (χ3n) is 9.31. The molecule has 14 heteroatoms. The van der Waals surface area contributed by atoms with Crippen LogP contribution in [0.5, 0.6) is 5.75 Å². The highest BCUT2D eigenvalue weighted by molar-refractivity contribution is 7.08. The van der Waals surface area contributed by atoms with Gasteiger partial charge in [-0.25, -0.2) is 4.79 Å². The molecule has 5 rings (SSSR count). The summed E-state index contributed by atoms with van der Waals surface area (Å²) in [4.78, 5) is 47.7. The monoisotopic (exact) mass is 669 g/mol. The number of phenols is 1. The van der Waals surface area contributed by atoms with Crippen LogP contribution < -0.4 is 5.32 Å². The van der Waals surface area contributed by atoms with E-state index in [1.165, 1.54) is 6.07 Å². The van der Waals surface area contributed by atoms with Crippen molar-refractivity contribution >= 4 is 46.5 Å². The molecule has 0 radical (unpaired) electrons. The first-order chi connectivity index (χ1) is 21.3. The van der Waals surface area contributed by atoms with Crippen LogP contribution >= 0.6 is 22.9 Å². The number of nitrogens with one attached hydrogen (secondary N) is 1. The number of aromatic hydroxyl groups is 1. The van der Waals surface area contributed by atoms with Gasteiger partial charge in [-0.15, -0.1) is 11.3 Å². The molecule has 0 unspecified atom stereocenters. The number of alkyl halides is 3. The van der Waals surface area contributed by atoms with Crippen molar-refractivity contribution in [3.8, 4) is 5.75 Å². The van der Waals surface area contributed by atoms with Crippen molar-refractivity contribution in [1.29, 1.82) is 0 Å². The molecule has 1 aromatic heterocycles. The standard InChI is InChI=1S/C31H39ClF3N5O4S/c1-37(2)22-4-10-39(11-5-22)29(43)21(13-19-14-24(31(33,34)35)28(42)25(32)15-19)16-27(41)38-8-6-23(7-9-38)40-12-3-20-17-45-18-26(20)36-30(40)44/h14-15,17-18,21-23,42H,3-13,16H2,1-2H3,(H,36,44)/t21-/m0/s1. The van der Waals surface area contributed by atoms with E-state index < -0.39 is 28.4 Å². The van der Waals surface area contributed by atoms with Crippen molar-refractivity contribution in [1.82, 2.24) is 19.6 Å². The van der Waals surface area contributed by atoms with Crippen LogP contribution in [0.3, 0.4) is 0 Å². The van der Waals surface area contributed by atoms with Gasteiger partial charge in [-0.05, 0) is 81.3 Å². The Kier molecular flexibility index (Phi) is 10.2. The highest BCUT2D eigenvalue weighted by Gasteiger charge is 2.38. The second kappa shape index (κ2) is 13.8. The molecule has 0 aliphatic carbocycles. The van der Waals surface area contributed by atoms with Crippen molar-refractivity contribution in [2.24, 2.45) is 5.92 Å². The molecule has 0 spiro atoms. The number of fused-ring (bicyclic) bond motifs is 1. The number of hydrogen-bond acceptors (Lipinski definition) is 6. The molecule has 2 N–H and O–H groups in total. The molecular formula is C31H39ClF3N5O4S. The molecule has 3 aliphatic rings. The maximum atomic E-state index is 13.8. The summed E-state index contributed by atoms with van der Waals surface area (Å²) in [6.45, 7) is 2.39. The van der Waals surface area contributed by atoms with Crippen molar-refractivity contribution in [2.45, 2.75) is 63.2 Å². The van der Waals surface area contributed by atoms with Gasteiger partial charge < -0.3 is 30.0 Å². The van der Waals surface area contributed by atoms with Crippen LogP contribution in [-0.4, -0.2) is 101 Å². The highest BCUT2D eigenvalue weighted by atomic mass is 35.5. The van der Waals surface area contributed by atoms with Gasteiger partial charge in [-0.2, -0.15) is 13.2 Å². The van der Waals surface area contributed by atoms with E-state index in [1.807, 2.05) is 29.8 Å². The Hall–Kier alpha value is -3.03. The third kappa shape index (κ3) is 7.69. The van der Waals surface area contributed by atoms with E-state index in [2.05, 4.69) is 10.2 Å². The number of carbonyl (C=O) groups is 3. The lowest BCUT2D eigenvalue weighted by Crippen LogP contribution is -2.51. The minimum Gasteiger partial charge on any atom is -0.506 e. The number of amides is 4. The smallest absolute Gasteiger partial charge is 0.420 e. The predicted molar refractivity (Wildman–Crippen MR) is 167 cm³/mol. The topological polar surface area (TPSA) is 96.4 Å². The van der Waals surface area contributed by atoms with Crippen LogP contribution in [0.4, 0.5) is 23.7 Å². The van der Waals surface area contributed by atoms with E-state index in [0.717, 1.165) is 36.6 Å². The molecule has 4 amide bonds. The summed E-state index contributed by atoms with van der Waals surface area (Å²) >= 11 is 7.52. The van der Waals surface area contributed by atoms with E-state index in [-0.39, 0.29) is 42.3 Å². The van der Waals surface area contributed by atoms with Gasteiger partial charge >= 0.3 is 12.2 Å². The molecule has 2 saturated heterocycles. The Labute approximate surface area is 269 Å². The number of thiophene rings is 1. The predicted octanol–water partition coefficient (Wildman–Crippen LogP) is 5.31. The average Bonchev–Trinajstić information content (AvgIpc) is 3.37. The zero-order chi connectivity index (χ0) is 32.5. The average molecular weight is 670 g/mol. The van der Waals surface area contributed by atoms with Gasteiger partial charge in [-0.3, -0.25) is 9.59 Å². The normalized spacial score (nSPS) is 19.4. The molecule has 9 nitrogen and oxygen atoms in total. The largest absolute Gasteiger partial charge is 0.506 e. The maximum Gasteiger partial charge on any atom is 0.420 e. The first kappa shape index (κ1) is 33.3. The van der Waals surface area contributed by atoms with Crippen LogP contribution in [0.15, 0.2) is 22.9 Å². The number of halogens is 4. The maximum absolute atomic E-state index is 13.8. The van der Waals surface area contributed by atoms with Crippen LogP contribution in [0.1, 0.15) is 48.8 Å². The number of hydrogen-bond donors (Lipinski definition) is 2. The van der Waals surface area contributed by atoms with Gasteiger partial charge in [0.15, 0.2) is 0 Å². The number of phenolic OH excluding ortho intramolecular Hbond substituents is 1. The van der Waals surface area contributed by atoms with Gasteiger partial charge in [-0.1, -0.05) is 11.6 Å². The van der Waals surface area contributed by atoms with E-state index in [4.69, 9.17) is 11.6 Å². The molecule has 0 saturated carbocycles. The second-order valence-electron chi connectivity index (χ2n) is 12.4. The SMILES string of the molecule is CN(C)C1CCN(C(=O)[C@H](CC(=O)N2CCC(N3CCc4cscc4NC3=O)CC2)Cc2cc(Cl)c(O)c(C(F)(F)F)c2)CC1. The van der Waals surface area contributed by atoms with Crippen molar-refractivity contribution in [3.63, 3.8) is 0 Å². The minimum atomic E-state index is -4.84. The summed E-state index contributed by atoms with van der Waals surface area (Å²) in [6, 6.07) is 2.18. The Bertz CT molecular complexity index is 1400. The Balaban J connectivity index is 1.27. The first-order valence-electron chi connectivity index (χ1n) is 15.3. The number of piperidine rings is 2. The fraction of sp³-hybridized carbons (Fsp3) is 0.581. The fourth-order valence-corrected chi connectivity index (χ4v) is 7.72. The minimum absolute atomic E-state index is 0.0305. The number of nitrogens with zero attached hydrogens (tertiary/aromatic N) is 4. The number of likely N-dealkylation sites (tertiary alicyclic amines) is 2. The molecule has 2 aromatic rings. The first-order valence-corrected chi connectivity index (χ1v) is 16.6. The molecule has 246 valence electrons. The van der Waals surface area contributed by atoms with E-state index in [9.17, 15) is 32.7 Å². The van der Waals surface area contributed by atoms with Crippen LogP contribution in [-0.2, 0) is 28.6 Å².